The van der Waals surface area contributed by atoms with Gasteiger partial charge >= 0.3 is 0 Å². The maximum Gasteiger partial charge on any atom is 0.243 e. The van der Waals surface area contributed by atoms with E-state index in [1.54, 1.807) is 0 Å². The number of carbonyl (C=O) groups is 2. The van der Waals surface area contributed by atoms with Gasteiger partial charge in [0.05, 0.1) is 0 Å². The molecule has 0 spiro atoms. The molecular formula is C12H20N2O2. The molecule has 2 atom stereocenters. The molecule has 4 nitrogen and oxygen atoms in total. The number of primary amides is 1. The first-order valence-corrected chi connectivity index (χ1v) is 6.18. The topological polar surface area (TPSA) is 72.2 Å². The summed E-state index contributed by atoms with van der Waals surface area (Å²) >= 11 is 0. The van der Waals surface area contributed by atoms with Crippen molar-refractivity contribution in [3.8, 4) is 0 Å². The first-order valence-electron chi connectivity index (χ1n) is 6.18. The molecule has 2 fully saturated rings. The van der Waals surface area contributed by atoms with Crippen LogP contribution in [0, 0.1) is 11.8 Å². The predicted molar refractivity (Wildman–Crippen MR) is 60.4 cm³/mol. The van der Waals surface area contributed by atoms with Crippen LogP contribution in [0.3, 0.4) is 0 Å². The van der Waals surface area contributed by atoms with Crippen LogP contribution in [-0.2, 0) is 9.59 Å². The second kappa shape index (κ2) is 4.07. The zero-order chi connectivity index (χ0) is 11.8. The Morgan fingerprint density at radius 2 is 2.00 bits per heavy atom. The highest BCUT2D eigenvalue weighted by molar-refractivity contribution is 5.91. The summed E-state index contributed by atoms with van der Waals surface area (Å²) in [7, 11) is 0. The Morgan fingerprint density at radius 3 is 2.50 bits per heavy atom. The van der Waals surface area contributed by atoms with Gasteiger partial charge in [-0.2, -0.15) is 0 Å². The van der Waals surface area contributed by atoms with E-state index < -0.39 is 5.54 Å². The Hall–Kier alpha value is -1.06. The molecule has 2 saturated carbocycles. The Morgan fingerprint density at radius 1 is 1.38 bits per heavy atom. The standard InChI is InChI=1S/C12H20N2O2/c1-2-3-4-10(15)14-12(11(13)16)6-8-5-9(8)7-12/h8-9H,2-7H2,1H3,(H2,13,16)(H,14,15). The van der Waals surface area contributed by atoms with Gasteiger partial charge in [-0.15, -0.1) is 0 Å². The number of carbonyl (C=O) groups excluding carboxylic acids is 2. The number of unbranched alkanes of at least 4 members (excludes halogenated alkanes) is 1. The van der Waals surface area contributed by atoms with E-state index in [-0.39, 0.29) is 11.8 Å². The van der Waals surface area contributed by atoms with Gasteiger partial charge in [-0.25, -0.2) is 0 Å². The summed E-state index contributed by atoms with van der Waals surface area (Å²) in [5.74, 6) is 0.865. The summed E-state index contributed by atoms with van der Waals surface area (Å²) in [4.78, 5) is 23.2. The highest BCUT2D eigenvalue weighted by Gasteiger charge is 2.57. The third-order valence-corrected chi connectivity index (χ3v) is 3.90. The fraction of sp³-hybridized carbons (Fsp3) is 0.833. The zero-order valence-electron chi connectivity index (χ0n) is 9.79. The van der Waals surface area contributed by atoms with Crippen molar-refractivity contribution >= 4 is 11.8 Å². The number of nitrogens with two attached hydrogens (primary N) is 1. The van der Waals surface area contributed by atoms with Crippen molar-refractivity contribution in [2.24, 2.45) is 17.6 Å². The summed E-state index contributed by atoms with van der Waals surface area (Å²) in [5, 5.41) is 2.87. The van der Waals surface area contributed by atoms with Crippen LogP contribution in [0.25, 0.3) is 0 Å². The van der Waals surface area contributed by atoms with Crippen LogP contribution >= 0.6 is 0 Å². The molecule has 2 amide bonds. The lowest BCUT2D eigenvalue weighted by atomic mass is 9.92. The normalized spacial score (nSPS) is 35.6. The third kappa shape index (κ3) is 2.06. The molecule has 0 bridgehead atoms. The maximum atomic E-state index is 11.7. The van der Waals surface area contributed by atoms with E-state index in [4.69, 9.17) is 5.73 Å². The lowest BCUT2D eigenvalue weighted by Crippen LogP contribution is -2.56. The van der Waals surface area contributed by atoms with E-state index in [2.05, 4.69) is 5.32 Å². The molecule has 2 aliphatic carbocycles. The van der Waals surface area contributed by atoms with E-state index in [1.165, 1.54) is 6.42 Å². The number of hydrogen-bond donors (Lipinski definition) is 2. The van der Waals surface area contributed by atoms with Crippen LogP contribution in [0.4, 0.5) is 0 Å². The summed E-state index contributed by atoms with van der Waals surface area (Å²) < 4.78 is 0. The largest absolute Gasteiger partial charge is 0.368 e. The van der Waals surface area contributed by atoms with Crippen molar-refractivity contribution < 1.29 is 9.59 Å². The van der Waals surface area contributed by atoms with Crippen molar-refractivity contribution in [3.05, 3.63) is 0 Å². The molecule has 2 rings (SSSR count). The Bertz CT molecular complexity index is 304. The Labute approximate surface area is 96.0 Å². The molecule has 4 heteroatoms. The van der Waals surface area contributed by atoms with Crippen LogP contribution in [0.15, 0.2) is 0 Å². The molecule has 90 valence electrons. The smallest absolute Gasteiger partial charge is 0.243 e. The third-order valence-electron chi connectivity index (χ3n) is 3.90. The number of rotatable bonds is 5. The second-order valence-corrected chi connectivity index (χ2v) is 5.26. The van der Waals surface area contributed by atoms with E-state index in [9.17, 15) is 9.59 Å². The average Bonchev–Trinajstić information content (AvgIpc) is 2.84. The van der Waals surface area contributed by atoms with Crippen LogP contribution in [0.2, 0.25) is 0 Å². The van der Waals surface area contributed by atoms with Gasteiger partial charge in [-0.1, -0.05) is 13.3 Å². The first kappa shape index (κ1) is 11.4. The fourth-order valence-electron chi connectivity index (χ4n) is 2.82. The van der Waals surface area contributed by atoms with Gasteiger partial charge in [-0.05, 0) is 37.5 Å². The molecule has 0 heterocycles. The average molecular weight is 224 g/mol. The van der Waals surface area contributed by atoms with Gasteiger partial charge in [-0.3, -0.25) is 9.59 Å². The number of nitrogens with one attached hydrogen (secondary N) is 1. The first-order chi connectivity index (χ1) is 7.57. The van der Waals surface area contributed by atoms with Crippen molar-refractivity contribution in [1.82, 2.24) is 5.32 Å². The number of hydrogen-bond acceptors (Lipinski definition) is 2. The molecule has 0 radical (unpaired) electrons. The van der Waals surface area contributed by atoms with E-state index in [0.29, 0.717) is 18.3 Å². The van der Waals surface area contributed by atoms with E-state index in [0.717, 1.165) is 25.7 Å². The van der Waals surface area contributed by atoms with Crippen LogP contribution in [0.5, 0.6) is 0 Å². The fourth-order valence-corrected chi connectivity index (χ4v) is 2.82. The molecule has 2 unspecified atom stereocenters. The molecule has 0 aromatic rings. The van der Waals surface area contributed by atoms with Crippen LogP contribution < -0.4 is 11.1 Å². The molecule has 3 N–H and O–H groups in total. The molecule has 0 aromatic carbocycles. The van der Waals surface area contributed by atoms with Crippen molar-refractivity contribution in [3.63, 3.8) is 0 Å². The van der Waals surface area contributed by atoms with Gasteiger partial charge < -0.3 is 11.1 Å². The summed E-state index contributed by atoms with van der Waals surface area (Å²) in [6.07, 6.45) is 5.08. The number of fused-ring (bicyclic) bond motifs is 1. The molecular weight excluding hydrogens is 204 g/mol. The highest BCUT2D eigenvalue weighted by Crippen LogP contribution is 2.55. The Kier molecular flexibility index (Phi) is 2.91. The van der Waals surface area contributed by atoms with Gasteiger partial charge in [0.1, 0.15) is 5.54 Å². The van der Waals surface area contributed by atoms with Crippen LogP contribution in [0.1, 0.15) is 45.4 Å². The molecule has 16 heavy (non-hydrogen) atoms. The van der Waals surface area contributed by atoms with Gasteiger partial charge in [0, 0.05) is 6.42 Å². The zero-order valence-corrected chi connectivity index (χ0v) is 9.79. The van der Waals surface area contributed by atoms with Crippen molar-refractivity contribution in [2.45, 2.75) is 51.0 Å². The minimum absolute atomic E-state index is 0.0260. The van der Waals surface area contributed by atoms with Gasteiger partial charge in [0.2, 0.25) is 11.8 Å². The lowest BCUT2D eigenvalue weighted by molar-refractivity contribution is -0.131. The molecule has 0 aliphatic heterocycles. The van der Waals surface area contributed by atoms with Crippen molar-refractivity contribution in [2.75, 3.05) is 0 Å². The summed E-state index contributed by atoms with van der Waals surface area (Å²) in [6, 6.07) is 0. The van der Waals surface area contributed by atoms with Crippen LogP contribution in [-0.4, -0.2) is 17.4 Å². The van der Waals surface area contributed by atoms with E-state index >= 15 is 0 Å². The Balaban J connectivity index is 1.93. The van der Waals surface area contributed by atoms with E-state index in [1.807, 2.05) is 6.92 Å². The molecule has 0 saturated heterocycles. The minimum atomic E-state index is -0.724. The number of amides is 2. The molecule has 2 aliphatic rings. The second-order valence-electron chi connectivity index (χ2n) is 5.26. The van der Waals surface area contributed by atoms with Gasteiger partial charge in [0.15, 0.2) is 0 Å². The maximum absolute atomic E-state index is 11.7. The van der Waals surface area contributed by atoms with Crippen molar-refractivity contribution in [1.29, 1.82) is 0 Å². The minimum Gasteiger partial charge on any atom is -0.368 e. The monoisotopic (exact) mass is 224 g/mol. The summed E-state index contributed by atoms with van der Waals surface area (Å²) in [5.41, 5.74) is 4.72. The molecule has 0 aromatic heterocycles. The SMILES string of the molecule is CCCCC(=O)NC1(C(N)=O)CC2CC2C1. The van der Waals surface area contributed by atoms with Gasteiger partial charge in [0.25, 0.3) is 0 Å². The summed E-state index contributed by atoms with van der Waals surface area (Å²) in [6.45, 7) is 2.04. The quantitative estimate of drug-likeness (QED) is 0.729. The predicted octanol–water partition coefficient (Wildman–Crippen LogP) is 0.947. The highest BCUT2D eigenvalue weighted by atomic mass is 16.2. The lowest BCUT2D eigenvalue weighted by Gasteiger charge is -2.28.